The van der Waals surface area contributed by atoms with Crippen molar-refractivity contribution in [3.8, 4) is 5.75 Å². The maximum atomic E-state index is 13.0. The average molecular weight is 542 g/mol. The van der Waals surface area contributed by atoms with E-state index >= 15 is 0 Å². The Labute approximate surface area is 226 Å². The molecule has 8 nitrogen and oxygen atoms in total. The van der Waals surface area contributed by atoms with E-state index in [9.17, 15) is 9.59 Å². The van der Waals surface area contributed by atoms with Crippen LogP contribution in [0.5, 0.6) is 5.75 Å². The van der Waals surface area contributed by atoms with E-state index in [2.05, 4.69) is 41.3 Å². The molecule has 0 saturated carbocycles. The summed E-state index contributed by atoms with van der Waals surface area (Å²) >= 11 is 7.50. The smallest absolute Gasteiger partial charge is 0.253 e. The molecule has 1 heterocycles. The number of ether oxygens (including phenoxy) is 1. The molecule has 2 N–H and O–H groups in total. The van der Waals surface area contributed by atoms with Crippen molar-refractivity contribution in [2.24, 2.45) is 5.92 Å². The number of hydrogen-bond donors (Lipinski definition) is 2. The van der Waals surface area contributed by atoms with Gasteiger partial charge in [-0.2, -0.15) is 0 Å². The molecular weight excluding hydrogens is 510 g/mol. The first-order valence-corrected chi connectivity index (χ1v) is 13.3. The largest absolute Gasteiger partial charge is 0.495 e. The first-order valence-electron chi connectivity index (χ1n) is 11.9. The van der Waals surface area contributed by atoms with Gasteiger partial charge in [0.15, 0.2) is 11.0 Å². The molecule has 196 valence electrons. The molecule has 0 unspecified atom stereocenters. The lowest BCUT2D eigenvalue weighted by Gasteiger charge is -2.21. The van der Waals surface area contributed by atoms with Gasteiger partial charge in [0.25, 0.3) is 5.91 Å². The van der Waals surface area contributed by atoms with E-state index in [1.807, 2.05) is 29.7 Å². The molecule has 0 spiro atoms. The Hall–Kier alpha value is -3.30. The summed E-state index contributed by atoms with van der Waals surface area (Å²) in [4.78, 5) is 25.8. The molecular formula is C27H32ClN5O3S. The molecule has 0 aliphatic heterocycles. The number of carbonyl (C=O) groups is 2. The predicted molar refractivity (Wildman–Crippen MR) is 148 cm³/mol. The zero-order valence-corrected chi connectivity index (χ0v) is 23.0. The molecule has 0 aliphatic carbocycles. The van der Waals surface area contributed by atoms with Gasteiger partial charge >= 0.3 is 0 Å². The van der Waals surface area contributed by atoms with Crippen LogP contribution < -0.4 is 15.4 Å². The van der Waals surface area contributed by atoms with Crippen LogP contribution in [-0.4, -0.2) is 39.4 Å². The van der Waals surface area contributed by atoms with Crippen molar-refractivity contribution in [3.05, 3.63) is 77.1 Å². The standard InChI is InChI=1S/C27H32ClN5O3S/c1-6-13-33-25(22(14-17(2)3)30-26(35)19-9-7-8-10-20(19)28)31-32-27(33)37-16-24(34)29-21-15-18(4)11-12-23(21)36-5/h6-12,15,17,22H,1,13-14,16H2,2-5H3,(H,29,34)(H,30,35)/t22-/m0/s1. The van der Waals surface area contributed by atoms with E-state index in [4.69, 9.17) is 16.3 Å². The number of aromatic nitrogens is 3. The van der Waals surface area contributed by atoms with E-state index < -0.39 is 6.04 Å². The minimum atomic E-state index is -0.407. The third-order valence-corrected chi connectivity index (χ3v) is 6.76. The summed E-state index contributed by atoms with van der Waals surface area (Å²) in [6, 6.07) is 12.1. The Bertz CT molecular complexity index is 1260. The summed E-state index contributed by atoms with van der Waals surface area (Å²) < 4.78 is 7.22. The molecule has 10 heteroatoms. The maximum absolute atomic E-state index is 13.0. The number of carbonyl (C=O) groups excluding carboxylic acids is 2. The predicted octanol–water partition coefficient (Wildman–Crippen LogP) is 5.68. The number of benzene rings is 2. The van der Waals surface area contributed by atoms with Gasteiger partial charge in [0.2, 0.25) is 5.91 Å². The Kier molecular flexibility index (Phi) is 10.2. The van der Waals surface area contributed by atoms with Crippen LogP contribution in [0.25, 0.3) is 0 Å². The monoisotopic (exact) mass is 541 g/mol. The molecule has 0 fully saturated rings. The van der Waals surface area contributed by atoms with Crippen molar-refractivity contribution in [3.63, 3.8) is 0 Å². The Morgan fingerprint density at radius 3 is 2.65 bits per heavy atom. The van der Waals surface area contributed by atoms with E-state index in [1.165, 1.54) is 11.8 Å². The molecule has 0 radical (unpaired) electrons. The van der Waals surface area contributed by atoms with Gasteiger partial charge in [-0.1, -0.05) is 61.5 Å². The van der Waals surface area contributed by atoms with Crippen LogP contribution in [0.3, 0.4) is 0 Å². The molecule has 3 rings (SSSR count). The van der Waals surface area contributed by atoms with Crippen molar-refractivity contribution in [2.75, 3.05) is 18.2 Å². The third-order valence-electron chi connectivity index (χ3n) is 5.46. The van der Waals surface area contributed by atoms with Crippen molar-refractivity contribution in [2.45, 2.75) is 44.9 Å². The second-order valence-electron chi connectivity index (χ2n) is 8.92. The van der Waals surface area contributed by atoms with Gasteiger partial charge in [0.1, 0.15) is 5.75 Å². The van der Waals surface area contributed by atoms with E-state index in [0.29, 0.717) is 46.0 Å². The minimum absolute atomic E-state index is 0.118. The topological polar surface area (TPSA) is 98.1 Å². The van der Waals surface area contributed by atoms with Crippen molar-refractivity contribution >= 4 is 40.9 Å². The van der Waals surface area contributed by atoms with Crippen LogP contribution in [-0.2, 0) is 11.3 Å². The number of halogens is 1. The number of nitrogens with zero attached hydrogens (tertiary/aromatic N) is 3. The number of anilines is 1. The second-order valence-corrected chi connectivity index (χ2v) is 10.3. The molecule has 2 amide bonds. The fourth-order valence-electron chi connectivity index (χ4n) is 3.78. The van der Waals surface area contributed by atoms with E-state index in [-0.39, 0.29) is 23.5 Å². The molecule has 0 aliphatic rings. The van der Waals surface area contributed by atoms with Crippen LogP contribution in [0, 0.1) is 12.8 Å². The first-order chi connectivity index (χ1) is 17.7. The Balaban J connectivity index is 1.79. The summed E-state index contributed by atoms with van der Waals surface area (Å²) in [6.45, 7) is 10.4. The zero-order chi connectivity index (χ0) is 26.9. The van der Waals surface area contributed by atoms with Gasteiger partial charge in [0, 0.05) is 6.54 Å². The van der Waals surface area contributed by atoms with Crippen molar-refractivity contribution in [1.29, 1.82) is 0 Å². The summed E-state index contributed by atoms with van der Waals surface area (Å²) in [5.74, 6) is 1.09. The molecule has 1 aromatic heterocycles. The Morgan fingerprint density at radius 1 is 1.22 bits per heavy atom. The molecule has 1 atom stereocenters. The highest BCUT2D eigenvalue weighted by Crippen LogP contribution is 2.28. The fraction of sp³-hybridized carbons (Fsp3) is 0.333. The maximum Gasteiger partial charge on any atom is 0.253 e. The number of amides is 2. The Morgan fingerprint density at radius 2 is 1.97 bits per heavy atom. The lowest BCUT2D eigenvalue weighted by atomic mass is 10.0. The quantitative estimate of drug-likeness (QED) is 0.226. The van der Waals surface area contributed by atoms with Crippen LogP contribution in [0.2, 0.25) is 5.02 Å². The number of thioether (sulfide) groups is 1. The highest BCUT2D eigenvalue weighted by Gasteiger charge is 2.25. The number of rotatable bonds is 12. The summed E-state index contributed by atoms with van der Waals surface area (Å²) in [6.07, 6.45) is 2.38. The van der Waals surface area contributed by atoms with Crippen LogP contribution >= 0.6 is 23.4 Å². The first kappa shape index (κ1) is 28.3. The number of allylic oxidation sites excluding steroid dienone is 1. The number of hydrogen-bond acceptors (Lipinski definition) is 6. The summed E-state index contributed by atoms with van der Waals surface area (Å²) in [7, 11) is 1.56. The van der Waals surface area contributed by atoms with Gasteiger partial charge in [-0.3, -0.25) is 9.59 Å². The number of aryl methyl sites for hydroxylation is 1. The fourth-order valence-corrected chi connectivity index (χ4v) is 4.76. The number of nitrogens with one attached hydrogen (secondary N) is 2. The molecule has 37 heavy (non-hydrogen) atoms. The van der Waals surface area contributed by atoms with Gasteiger partial charge in [-0.15, -0.1) is 16.8 Å². The lowest BCUT2D eigenvalue weighted by molar-refractivity contribution is -0.113. The van der Waals surface area contributed by atoms with E-state index in [1.54, 1.807) is 37.5 Å². The van der Waals surface area contributed by atoms with Gasteiger partial charge in [0.05, 0.1) is 35.2 Å². The highest BCUT2D eigenvalue weighted by molar-refractivity contribution is 7.99. The highest BCUT2D eigenvalue weighted by atomic mass is 35.5. The summed E-state index contributed by atoms with van der Waals surface area (Å²) in [5.41, 5.74) is 2.01. The van der Waals surface area contributed by atoms with Crippen molar-refractivity contribution in [1.82, 2.24) is 20.1 Å². The van der Waals surface area contributed by atoms with Crippen LogP contribution in [0.4, 0.5) is 5.69 Å². The lowest BCUT2D eigenvalue weighted by Crippen LogP contribution is -2.32. The molecule has 2 aromatic carbocycles. The van der Waals surface area contributed by atoms with E-state index in [0.717, 1.165) is 5.56 Å². The van der Waals surface area contributed by atoms with Crippen LogP contribution in [0.15, 0.2) is 60.3 Å². The SMILES string of the molecule is C=CCn1c(SCC(=O)Nc2cc(C)ccc2OC)nnc1[C@H](CC(C)C)NC(=O)c1ccccc1Cl. The van der Waals surface area contributed by atoms with Gasteiger partial charge in [-0.25, -0.2) is 0 Å². The molecule has 0 saturated heterocycles. The summed E-state index contributed by atoms with van der Waals surface area (Å²) in [5, 5.41) is 15.6. The minimum Gasteiger partial charge on any atom is -0.495 e. The number of methoxy groups -OCH3 is 1. The second kappa shape index (κ2) is 13.3. The normalized spacial score (nSPS) is 11.7. The van der Waals surface area contributed by atoms with Gasteiger partial charge < -0.3 is 19.9 Å². The molecule has 3 aromatic rings. The van der Waals surface area contributed by atoms with Gasteiger partial charge in [-0.05, 0) is 49.1 Å². The third kappa shape index (κ3) is 7.60. The average Bonchev–Trinajstić information content (AvgIpc) is 3.25. The molecule has 0 bridgehead atoms. The van der Waals surface area contributed by atoms with Crippen molar-refractivity contribution < 1.29 is 14.3 Å². The van der Waals surface area contributed by atoms with Crippen LogP contribution in [0.1, 0.15) is 48.1 Å². The zero-order valence-electron chi connectivity index (χ0n) is 21.5.